The molecule has 23 heavy (non-hydrogen) atoms. The molecule has 2 nitrogen and oxygen atoms in total. The Bertz CT molecular complexity index is 478. The van der Waals surface area contributed by atoms with E-state index in [1.807, 2.05) is 6.92 Å². The molecule has 0 unspecified atom stereocenters. The van der Waals surface area contributed by atoms with Crippen LogP contribution in [-0.2, 0) is 4.79 Å². The van der Waals surface area contributed by atoms with E-state index in [2.05, 4.69) is 27.4 Å². The summed E-state index contributed by atoms with van der Waals surface area (Å²) in [6, 6.07) is 0. The van der Waals surface area contributed by atoms with Gasteiger partial charge in [-0.1, -0.05) is 44.8 Å². The van der Waals surface area contributed by atoms with Crippen molar-refractivity contribution in [2.45, 2.75) is 91.9 Å². The molecule has 0 spiro atoms. The maximum atomic E-state index is 12.9. The SMILES string of the molecule is C=C(C)CCCC1=C(C(=N)CC)C(=O)CC(CCC)(CCC)C1. The van der Waals surface area contributed by atoms with Crippen LogP contribution in [0, 0.1) is 10.8 Å². The third-order valence-corrected chi connectivity index (χ3v) is 5.05. The molecule has 0 heterocycles. The Morgan fingerprint density at radius 2 is 1.78 bits per heavy atom. The Kier molecular flexibility index (Phi) is 7.94. The summed E-state index contributed by atoms with van der Waals surface area (Å²) in [6.45, 7) is 12.5. The standard InChI is InChI=1S/C21H35NO/c1-6-12-21(13-7-2)14-17(11-9-10-16(4)5)20(18(22)8-3)19(23)15-21/h22H,4,6-15H2,1-3,5H3. The normalized spacial score (nSPS) is 17.5. The summed E-state index contributed by atoms with van der Waals surface area (Å²) >= 11 is 0. The van der Waals surface area contributed by atoms with Crippen LogP contribution in [0.1, 0.15) is 91.9 Å². The third kappa shape index (κ3) is 5.44. The van der Waals surface area contributed by atoms with E-state index < -0.39 is 0 Å². The second kappa shape index (κ2) is 9.20. The lowest BCUT2D eigenvalue weighted by Gasteiger charge is -2.39. The van der Waals surface area contributed by atoms with Gasteiger partial charge in [-0.15, -0.1) is 6.58 Å². The Morgan fingerprint density at radius 3 is 2.26 bits per heavy atom. The van der Waals surface area contributed by atoms with Gasteiger partial charge in [0.1, 0.15) is 0 Å². The van der Waals surface area contributed by atoms with E-state index in [-0.39, 0.29) is 11.2 Å². The smallest absolute Gasteiger partial charge is 0.165 e. The molecule has 0 aromatic carbocycles. The van der Waals surface area contributed by atoms with Crippen molar-refractivity contribution in [3.63, 3.8) is 0 Å². The number of hydrogen-bond acceptors (Lipinski definition) is 2. The summed E-state index contributed by atoms with van der Waals surface area (Å²) in [5, 5.41) is 8.25. The number of carbonyl (C=O) groups excluding carboxylic acids is 1. The molecule has 2 heteroatoms. The topological polar surface area (TPSA) is 40.9 Å². The zero-order chi connectivity index (χ0) is 17.5. The molecule has 0 radical (unpaired) electrons. The van der Waals surface area contributed by atoms with Gasteiger partial charge in [0.15, 0.2) is 5.78 Å². The van der Waals surface area contributed by atoms with Gasteiger partial charge < -0.3 is 5.41 Å². The van der Waals surface area contributed by atoms with E-state index in [4.69, 9.17) is 5.41 Å². The van der Waals surface area contributed by atoms with Gasteiger partial charge in [0.05, 0.1) is 0 Å². The van der Waals surface area contributed by atoms with Gasteiger partial charge in [-0.2, -0.15) is 0 Å². The first-order valence-electron chi connectivity index (χ1n) is 9.36. The lowest BCUT2D eigenvalue weighted by Crippen LogP contribution is -2.33. The third-order valence-electron chi connectivity index (χ3n) is 5.05. The quantitative estimate of drug-likeness (QED) is 0.367. The van der Waals surface area contributed by atoms with E-state index in [1.165, 1.54) is 11.1 Å². The molecule has 0 saturated heterocycles. The molecule has 0 fully saturated rings. The number of ketones is 1. The first-order chi connectivity index (χ1) is 10.9. The predicted octanol–water partition coefficient (Wildman–Crippen LogP) is 6.41. The fourth-order valence-corrected chi connectivity index (χ4v) is 4.14. The van der Waals surface area contributed by atoms with E-state index in [0.717, 1.165) is 56.9 Å². The van der Waals surface area contributed by atoms with Crippen molar-refractivity contribution in [2.75, 3.05) is 0 Å². The Hall–Kier alpha value is -1.18. The van der Waals surface area contributed by atoms with Gasteiger partial charge in [-0.3, -0.25) is 4.79 Å². The van der Waals surface area contributed by atoms with Gasteiger partial charge >= 0.3 is 0 Å². The fraction of sp³-hybridized carbons (Fsp3) is 0.714. The van der Waals surface area contributed by atoms with Crippen molar-refractivity contribution in [1.82, 2.24) is 0 Å². The average Bonchev–Trinajstić information content (AvgIpc) is 2.46. The molecular weight excluding hydrogens is 282 g/mol. The molecular formula is C21H35NO. The highest BCUT2D eigenvalue weighted by molar-refractivity contribution is 6.22. The number of allylic oxidation sites excluding steroid dienone is 3. The van der Waals surface area contributed by atoms with E-state index in [1.54, 1.807) is 0 Å². The second-order valence-electron chi connectivity index (χ2n) is 7.40. The maximum absolute atomic E-state index is 12.9. The molecule has 1 N–H and O–H groups in total. The number of rotatable bonds is 10. The van der Waals surface area contributed by atoms with Crippen molar-refractivity contribution < 1.29 is 4.79 Å². The van der Waals surface area contributed by atoms with Gasteiger partial charge in [0.2, 0.25) is 0 Å². The number of Topliss-reactive ketones (excluding diaryl/α,β-unsaturated/α-hetero) is 1. The summed E-state index contributed by atoms with van der Waals surface area (Å²) in [4.78, 5) is 12.9. The maximum Gasteiger partial charge on any atom is 0.165 e. The van der Waals surface area contributed by atoms with Crippen LogP contribution in [0.5, 0.6) is 0 Å². The highest BCUT2D eigenvalue weighted by Gasteiger charge is 2.38. The first-order valence-corrected chi connectivity index (χ1v) is 9.36. The molecule has 1 aliphatic rings. The van der Waals surface area contributed by atoms with Crippen molar-refractivity contribution in [1.29, 1.82) is 5.41 Å². The minimum absolute atomic E-state index is 0.149. The molecule has 130 valence electrons. The van der Waals surface area contributed by atoms with Crippen LogP contribution >= 0.6 is 0 Å². The molecule has 0 amide bonds. The van der Waals surface area contributed by atoms with Crippen molar-refractivity contribution >= 4 is 11.5 Å². The van der Waals surface area contributed by atoms with Gasteiger partial charge in [0.25, 0.3) is 0 Å². The van der Waals surface area contributed by atoms with E-state index in [0.29, 0.717) is 18.6 Å². The summed E-state index contributed by atoms with van der Waals surface area (Å²) in [5.41, 5.74) is 3.93. The van der Waals surface area contributed by atoms with Gasteiger partial charge in [0, 0.05) is 17.7 Å². The van der Waals surface area contributed by atoms with Crippen LogP contribution in [0.3, 0.4) is 0 Å². The largest absolute Gasteiger partial charge is 0.305 e. The number of nitrogens with one attached hydrogen (secondary N) is 1. The highest BCUT2D eigenvalue weighted by Crippen LogP contribution is 2.46. The Labute approximate surface area is 142 Å². The van der Waals surface area contributed by atoms with Crippen molar-refractivity contribution in [3.8, 4) is 0 Å². The zero-order valence-electron chi connectivity index (χ0n) is 15.7. The van der Waals surface area contributed by atoms with Crippen molar-refractivity contribution in [3.05, 3.63) is 23.3 Å². The summed E-state index contributed by atoms with van der Waals surface area (Å²) in [6.07, 6.45) is 9.86. The van der Waals surface area contributed by atoms with Gasteiger partial charge in [-0.25, -0.2) is 0 Å². The second-order valence-corrected chi connectivity index (χ2v) is 7.40. The molecule has 0 saturated carbocycles. The first kappa shape index (κ1) is 19.9. The monoisotopic (exact) mass is 317 g/mol. The van der Waals surface area contributed by atoms with E-state index >= 15 is 0 Å². The van der Waals surface area contributed by atoms with Crippen LogP contribution in [0.4, 0.5) is 0 Å². The lowest BCUT2D eigenvalue weighted by atomic mass is 9.65. The molecule has 0 aromatic heterocycles. The molecule has 0 aliphatic heterocycles. The Balaban J connectivity index is 3.10. The van der Waals surface area contributed by atoms with Crippen LogP contribution in [0.25, 0.3) is 0 Å². The average molecular weight is 318 g/mol. The fourth-order valence-electron chi connectivity index (χ4n) is 4.14. The lowest BCUT2D eigenvalue weighted by molar-refractivity contribution is -0.118. The minimum Gasteiger partial charge on any atom is -0.305 e. The summed E-state index contributed by atoms with van der Waals surface area (Å²) < 4.78 is 0. The zero-order valence-corrected chi connectivity index (χ0v) is 15.7. The highest BCUT2D eigenvalue weighted by atomic mass is 16.1. The van der Waals surface area contributed by atoms with Crippen LogP contribution < -0.4 is 0 Å². The van der Waals surface area contributed by atoms with Crippen LogP contribution in [0.2, 0.25) is 0 Å². The summed E-state index contributed by atoms with van der Waals surface area (Å²) in [5.74, 6) is 0.232. The van der Waals surface area contributed by atoms with Crippen molar-refractivity contribution in [2.24, 2.45) is 5.41 Å². The molecule has 0 atom stereocenters. The molecule has 0 bridgehead atoms. The number of carbonyl (C=O) groups is 1. The predicted molar refractivity (Wildman–Crippen MR) is 100 cm³/mol. The number of hydrogen-bond donors (Lipinski definition) is 1. The summed E-state index contributed by atoms with van der Waals surface area (Å²) in [7, 11) is 0. The minimum atomic E-state index is 0.149. The molecule has 1 rings (SSSR count). The molecule has 1 aliphatic carbocycles. The van der Waals surface area contributed by atoms with Crippen LogP contribution in [-0.4, -0.2) is 11.5 Å². The molecule has 0 aromatic rings. The van der Waals surface area contributed by atoms with E-state index in [9.17, 15) is 4.79 Å². The van der Waals surface area contributed by atoms with Gasteiger partial charge in [-0.05, 0) is 57.3 Å². The van der Waals surface area contributed by atoms with Crippen LogP contribution in [0.15, 0.2) is 23.3 Å². The Morgan fingerprint density at radius 1 is 1.17 bits per heavy atom.